The van der Waals surface area contributed by atoms with Gasteiger partial charge in [-0.2, -0.15) is 0 Å². The van der Waals surface area contributed by atoms with Gasteiger partial charge in [0.15, 0.2) is 0 Å². The van der Waals surface area contributed by atoms with Crippen LogP contribution in [0.25, 0.3) is 0 Å². The molecule has 5 nitrogen and oxygen atoms in total. The molecule has 0 aromatic heterocycles. The topological polar surface area (TPSA) is 66.8 Å². The van der Waals surface area contributed by atoms with Crippen molar-refractivity contribution in [2.45, 2.75) is 45.1 Å². The summed E-state index contributed by atoms with van der Waals surface area (Å²) in [5.41, 5.74) is 0. The van der Waals surface area contributed by atoms with Gasteiger partial charge < -0.3 is 14.7 Å². The molecule has 114 valence electrons. The molecule has 20 heavy (non-hydrogen) atoms. The average Bonchev–Trinajstić information content (AvgIpc) is 2.91. The van der Waals surface area contributed by atoms with Crippen molar-refractivity contribution in [1.82, 2.24) is 4.90 Å². The molecule has 2 rings (SSSR count). The van der Waals surface area contributed by atoms with E-state index in [-0.39, 0.29) is 17.9 Å². The first kappa shape index (κ1) is 15.3. The van der Waals surface area contributed by atoms with Crippen LogP contribution in [0.4, 0.5) is 0 Å². The Morgan fingerprint density at radius 1 is 1.30 bits per heavy atom. The van der Waals surface area contributed by atoms with Crippen molar-refractivity contribution in [2.75, 3.05) is 20.2 Å². The molecule has 2 fully saturated rings. The predicted molar refractivity (Wildman–Crippen MR) is 74.2 cm³/mol. The zero-order chi connectivity index (χ0) is 14.7. The Morgan fingerprint density at radius 2 is 2.00 bits per heavy atom. The number of rotatable bonds is 4. The lowest BCUT2D eigenvalue weighted by Crippen LogP contribution is -2.46. The van der Waals surface area contributed by atoms with Crippen molar-refractivity contribution in [3.63, 3.8) is 0 Å². The lowest BCUT2D eigenvalue weighted by Gasteiger charge is -2.34. The van der Waals surface area contributed by atoms with E-state index >= 15 is 0 Å². The van der Waals surface area contributed by atoms with Crippen molar-refractivity contribution in [2.24, 2.45) is 17.8 Å². The zero-order valence-electron chi connectivity index (χ0n) is 12.4. The molecular formula is C15H25NO4. The first-order chi connectivity index (χ1) is 9.56. The monoisotopic (exact) mass is 283 g/mol. The Hall–Kier alpha value is -1.10. The molecule has 2 aliphatic rings. The van der Waals surface area contributed by atoms with Crippen molar-refractivity contribution in [3.8, 4) is 0 Å². The van der Waals surface area contributed by atoms with Crippen LogP contribution >= 0.6 is 0 Å². The van der Waals surface area contributed by atoms with Crippen LogP contribution in [-0.2, 0) is 14.3 Å². The highest BCUT2D eigenvalue weighted by atomic mass is 16.5. The highest BCUT2D eigenvalue weighted by molar-refractivity contribution is 5.85. The minimum absolute atomic E-state index is 0.0232. The number of amides is 1. The molecule has 1 heterocycles. The molecule has 1 aliphatic carbocycles. The Balaban J connectivity index is 2.04. The van der Waals surface area contributed by atoms with Gasteiger partial charge in [0.25, 0.3) is 0 Å². The second-order valence-corrected chi connectivity index (χ2v) is 6.08. The fourth-order valence-corrected chi connectivity index (χ4v) is 3.59. The average molecular weight is 283 g/mol. The first-order valence-electron chi connectivity index (χ1n) is 7.61. The van der Waals surface area contributed by atoms with Crippen LogP contribution in [-0.4, -0.2) is 48.2 Å². The van der Waals surface area contributed by atoms with E-state index in [1.165, 1.54) is 0 Å². The summed E-state index contributed by atoms with van der Waals surface area (Å²) in [6, 6.07) is 0. The van der Waals surface area contributed by atoms with Crippen LogP contribution in [0.1, 0.15) is 39.0 Å². The molecule has 5 heteroatoms. The number of carboxylic acids is 1. The fourth-order valence-electron chi connectivity index (χ4n) is 3.59. The highest BCUT2D eigenvalue weighted by Crippen LogP contribution is 2.39. The second-order valence-electron chi connectivity index (χ2n) is 6.08. The molecule has 0 aromatic carbocycles. The van der Waals surface area contributed by atoms with Crippen molar-refractivity contribution in [1.29, 1.82) is 0 Å². The SMILES string of the molecule is CCC1CC(C(=O)O)C(C(=O)N2CCCC(OC)C2)C1. The Labute approximate surface area is 120 Å². The minimum Gasteiger partial charge on any atom is -0.481 e. The summed E-state index contributed by atoms with van der Waals surface area (Å²) in [6.07, 6.45) is 4.33. The number of nitrogens with zero attached hydrogens (tertiary/aromatic N) is 1. The number of hydrogen-bond acceptors (Lipinski definition) is 3. The Kier molecular flexibility index (Phi) is 5.02. The maximum Gasteiger partial charge on any atom is 0.307 e. The van der Waals surface area contributed by atoms with E-state index in [9.17, 15) is 14.7 Å². The summed E-state index contributed by atoms with van der Waals surface area (Å²) >= 11 is 0. The van der Waals surface area contributed by atoms with E-state index in [0.29, 0.717) is 18.9 Å². The van der Waals surface area contributed by atoms with Gasteiger partial charge in [0.05, 0.1) is 17.9 Å². The number of carbonyl (C=O) groups is 2. The molecule has 4 atom stereocenters. The van der Waals surface area contributed by atoms with E-state index in [0.717, 1.165) is 32.2 Å². The highest BCUT2D eigenvalue weighted by Gasteiger charge is 2.44. The van der Waals surface area contributed by atoms with Gasteiger partial charge in [0.1, 0.15) is 0 Å². The van der Waals surface area contributed by atoms with Crippen LogP contribution in [0.2, 0.25) is 0 Å². The lowest BCUT2D eigenvalue weighted by molar-refractivity contribution is -0.150. The normalized spacial score (nSPS) is 34.2. The molecule has 4 unspecified atom stereocenters. The summed E-state index contributed by atoms with van der Waals surface area (Å²) in [4.78, 5) is 25.8. The number of methoxy groups -OCH3 is 1. The number of likely N-dealkylation sites (tertiary alicyclic amines) is 1. The number of hydrogen-bond donors (Lipinski definition) is 1. The second kappa shape index (κ2) is 6.57. The third-order valence-corrected chi connectivity index (χ3v) is 4.90. The molecule has 0 aromatic rings. The largest absolute Gasteiger partial charge is 0.481 e. The van der Waals surface area contributed by atoms with E-state index in [2.05, 4.69) is 6.92 Å². The van der Waals surface area contributed by atoms with Crippen LogP contribution in [0, 0.1) is 17.8 Å². The molecule has 0 spiro atoms. The molecule has 1 saturated carbocycles. The number of carboxylic acid groups (broad SMARTS) is 1. The number of aliphatic carboxylic acids is 1. The molecule has 0 bridgehead atoms. The number of piperidine rings is 1. The standard InChI is InChI=1S/C15H25NO4/c1-3-10-7-12(13(8-10)15(18)19)14(17)16-6-4-5-11(9-16)20-2/h10-13H,3-9H2,1-2H3,(H,18,19). The third kappa shape index (κ3) is 3.14. The third-order valence-electron chi connectivity index (χ3n) is 4.90. The van der Waals surface area contributed by atoms with Gasteiger partial charge in [-0.25, -0.2) is 0 Å². The van der Waals surface area contributed by atoms with Crippen LogP contribution in [0.5, 0.6) is 0 Å². The zero-order valence-corrected chi connectivity index (χ0v) is 12.4. The van der Waals surface area contributed by atoms with Gasteiger partial charge in [-0.15, -0.1) is 0 Å². The summed E-state index contributed by atoms with van der Waals surface area (Å²) in [7, 11) is 1.67. The van der Waals surface area contributed by atoms with E-state index < -0.39 is 11.9 Å². The molecule has 0 radical (unpaired) electrons. The number of carbonyl (C=O) groups excluding carboxylic acids is 1. The quantitative estimate of drug-likeness (QED) is 0.853. The van der Waals surface area contributed by atoms with Crippen LogP contribution in [0.3, 0.4) is 0 Å². The van der Waals surface area contributed by atoms with E-state index in [1.807, 2.05) is 4.90 Å². The maximum atomic E-state index is 12.6. The summed E-state index contributed by atoms with van der Waals surface area (Å²) in [5.74, 6) is -1.27. The Morgan fingerprint density at radius 3 is 2.60 bits per heavy atom. The summed E-state index contributed by atoms with van der Waals surface area (Å²) < 4.78 is 5.34. The molecule has 1 amide bonds. The van der Waals surface area contributed by atoms with E-state index in [1.54, 1.807) is 7.11 Å². The smallest absolute Gasteiger partial charge is 0.307 e. The molecule has 1 saturated heterocycles. The summed E-state index contributed by atoms with van der Waals surface area (Å²) in [6.45, 7) is 3.41. The van der Waals surface area contributed by atoms with Crippen molar-refractivity contribution in [3.05, 3.63) is 0 Å². The first-order valence-corrected chi connectivity index (χ1v) is 7.61. The van der Waals surface area contributed by atoms with Gasteiger partial charge >= 0.3 is 5.97 Å². The van der Waals surface area contributed by atoms with Gasteiger partial charge in [0, 0.05) is 20.2 Å². The fraction of sp³-hybridized carbons (Fsp3) is 0.867. The number of ether oxygens (including phenoxy) is 1. The maximum absolute atomic E-state index is 12.6. The predicted octanol–water partition coefficient (Wildman–Crippen LogP) is 1.76. The minimum atomic E-state index is -0.820. The van der Waals surface area contributed by atoms with Crippen molar-refractivity contribution < 1.29 is 19.4 Å². The van der Waals surface area contributed by atoms with Crippen LogP contribution in [0.15, 0.2) is 0 Å². The van der Waals surface area contributed by atoms with Gasteiger partial charge in [-0.1, -0.05) is 13.3 Å². The molecular weight excluding hydrogens is 258 g/mol. The van der Waals surface area contributed by atoms with Gasteiger partial charge in [-0.3, -0.25) is 9.59 Å². The van der Waals surface area contributed by atoms with Gasteiger partial charge in [0.2, 0.25) is 5.91 Å². The van der Waals surface area contributed by atoms with Crippen molar-refractivity contribution >= 4 is 11.9 Å². The van der Waals surface area contributed by atoms with Gasteiger partial charge in [-0.05, 0) is 31.6 Å². The summed E-state index contributed by atoms with van der Waals surface area (Å²) in [5, 5.41) is 9.35. The molecule has 1 N–H and O–H groups in total. The molecule has 1 aliphatic heterocycles. The lowest BCUT2D eigenvalue weighted by atomic mass is 9.93. The van der Waals surface area contributed by atoms with Crippen LogP contribution < -0.4 is 0 Å². The van der Waals surface area contributed by atoms with E-state index in [4.69, 9.17) is 4.74 Å². The Bertz CT molecular complexity index is 371.